The minimum Gasteiger partial charge on any atom is -0.496 e. The summed E-state index contributed by atoms with van der Waals surface area (Å²) in [4.78, 5) is 6.74. The van der Waals surface area contributed by atoms with Gasteiger partial charge in [-0.3, -0.25) is 9.88 Å². The topological polar surface area (TPSA) is 56.3 Å². The van der Waals surface area contributed by atoms with Crippen LogP contribution in [0.4, 0.5) is 0 Å². The molecule has 1 aliphatic heterocycles. The van der Waals surface area contributed by atoms with E-state index in [9.17, 15) is 0 Å². The fourth-order valence-corrected chi connectivity index (χ4v) is 4.41. The van der Waals surface area contributed by atoms with E-state index in [0.29, 0.717) is 5.92 Å². The first kappa shape index (κ1) is 18.0. The Morgan fingerprint density at radius 2 is 2.00 bits per heavy atom. The van der Waals surface area contributed by atoms with Crippen LogP contribution in [0.3, 0.4) is 0 Å². The highest BCUT2D eigenvalue weighted by atomic mass is 16.5. The summed E-state index contributed by atoms with van der Waals surface area (Å²) in [6.07, 6.45) is 6.03. The fourth-order valence-electron chi connectivity index (χ4n) is 4.41. The summed E-state index contributed by atoms with van der Waals surface area (Å²) >= 11 is 0. The molecule has 1 aromatic carbocycles. The van der Waals surface area contributed by atoms with Crippen molar-refractivity contribution in [1.82, 2.24) is 14.5 Å². The fraction of sp³-hybridized carbons (Fsp3) is 0.409. The number of likely N-dealkylation sites (tertiary alicyclic amines) is 1. The van der Waals surface area contributed by atoms with E-state index in [4.69, 9.17) is 10.5 Å². The smallest absolute Gasteiger partial charge is 0.122 e. The number of methoxy groups -OCH3 is 1. The maximum absolute atomic E-state index is 6.58. The number of hydrogen-bond donors (Lipinski definition) is 1. The zero-order valence-electron chi connectivity index (χ0n) is 16.6. The van der Waals surface area contributed by atoms with Gasteiger partial charge < -0.3 is 15.0 Å². The number of pyridine rings is 1. The largest absolute Gasteiger partial charge is 0.496 e. The number of fused-ring (bicyclic) bond motifs is 1. The molecule has 4 rings (SSSR count). The molecule has 1 fully saturated rings. The predicted molar refractivity (Wildman–Crippen MR) is 109 cm³/mol. The maximum atomic E-state index is 6.58. The van der Waals surface area contributed by atoms with Gasteiger partial charge in [0, 0.05) is 56.4 Å². The summed E-state index contributed by atoms with van der Waals surface area (Å²) < 4.78 is 7.60. The summed E-state index contributed by atoms with van der Waals surface area (Å²) in [7, 11) is 3.81. The van der Waals surface area contributed by atoms with Crippen LogP contribution >= 0.6 is 0 Å². The molecule has 2 atom stereocenters. The highest BCUT2D eigenvalue weighted by Gasteiger charge is 2.33. The molecular formula is C22H28N4O. The van der Waals surface area contributed by atoms with Gasteiger partial charge >= 0.3 is 0 Å². The highest BCUT2D eigenvalue weighted by molar-refractivity contribution is 5.83. The van der Waals surface area contributed by atoms with Gasteiger partial charge in [-0.2, -0.15) is 0 Å². The lowest BCUT2D eigenvalue weighted by atomic mass is 9.95. The first-order valence-electron chi connectivity index (χ1n) is 9.49. The Balaban J connectivity index is 1.58. The van der Waals surface area contributed by atoms with Crippen LogP contribution in [0, 0.1) is 13.8 Å². The van der Waals surface area contributed by atoms with E-state index in [1.54, 1.807) is 7.11 Å². The van der Waals surface area contributed by atoms with Gasteiger partial charge in [0.15, 0.2) is 0 Å². The number of nitrogens with two attached hydrogens (primary N) is 1. The summed E-state index contributed by atoms with van der Waals surface area (Å²) in [5.41, 5.74) is 13.0. The van der Waals surface area contributed by atoms with E-state index in [1.165, 1.54) is 33.2 Å². The monoisotopic (exact) mass is 364 g/mol. The van der Waals surface area contributed by atoms with Crippen LogP contribution in [0.2, 0.25) is 0 Å². The summed E-state index contributed by atoms with van der Waals surface area (Å²) in [5.74, 6) is 1.30. The minimum absolute atomic E-state index is 0.142. The molecule has 5 heteroatoms. The lowest BCUT2D eigenvalue weighted by Gasteiger charge is -2.19. The maximum Gasteiger partial charge on any atom is 0.122 e. The average Bonchev–Trinajstić information content (AvgIpc) is 3.19. The SMILES string of the molecule is COc1ccc(CN2C[C@@H](N)[C@H](c3cn(C)c4cnccc34)C2)c(C)c1C. The highest BCUT2D eigenvalue weighted by Crippen LogP contribution is 2.34. The van der Waals surface area contributed by atoms with E-state index in [2.05, 4.69) is 59.7 Å². The number of aromatic nitrogens is 2. The number of hydrogen-bond acceptors (Lipinski definition) is 4. The van der Waals surface area contributed by atoms with E-state index in [0.717, 1.165) is 25.4 Å². The Morgan fingerprint density at radius 3 is 2.78 bits per heavy atom. The van der Waals surface area contributed by atoms with Crippen molar-refractivity contribution in [3.8, 4) is 5.75 Å². The Morgan fingerprint density at radius 1 is 1.19 bits per heavy atom. The minimum atomic E-state index is 0.142. The van der Waals surface area contributed by atoms with Crippen molar-refractivity contribution in [1.29, 1.82) is 0 Å². The predicted octanol–water partition coefficient (Wildman–Crippen LogP) is 3.13. The zero-order chi connectivity index (χ0) is 19.1. The molecule has 142 valence electrons. The van der Waals surface area contributed by atoms with Gasteiger partial charge in [0.05, 0.1) is 18.8 Å². The van der Waals surface area contributed by atoms with Crippen molar-refractivity contribution in [2.24, 2.45) is 12.8 Å². The van der Waals surface area contributed by atoms with Crippen LogP contribution < -0.4 is 10.5 Å². The molecule has 3 aromatic rings. The van der Waals surface area contributed by atoms with Gasteiger partial charge in [-0.05, 0) is 48.2 Å². The number of benzene rings is 1. The lowest BCUT2D eigenvalue weighted by molar-refractivity contribution is 0.322. The second-order valence-electron chi connectivity index (χ2n) is 7.73. The summed E-state index contributed by atoms with van der Waals surface area (Å²) in [6.45, 7) is 7.12. The standard InChI is InChI=1S/C22H28N4O/c1-14-15(2)22(27-4)6-5-16(14)10-26-12-19(20(23)13-26)18-11-25(3)21-9-24-8-7-17(18)21/h5-9,11,19-20H,10,12-13,23H2,1-4H3/t19-,20+/m0/s1. The van der Waals surface area contributed by atoms with Gasteiger partial charge in [0.25, 0.3) is 0 Å². The Labute approximate surface area is 160 Å². The van der Waals surface area contributed by atoms with Gasteiger partial charge in [0.2, 0.25) is 0 Å². The van der Waals surface area contributed by atoms with Crippen LogP contribution in [-0.4, -0.2) is 40.7 Å². The van der Waals surface area contributed by atoms with Crippen molar-refractivity contribution in [3.05, 3.63) is 59.0 Å². The van der Waals surface area contributed by atoms with Gasteiger partial charge in [-0.15, -0.1) is 0 Å². The van der Waals surface area contributed by atoms with Gasteiger partial charge in [0.1, 0.15) is 5.75 Å². The summed E-state index contributed by atoms with van der Waals surface area (Å²) in [5, 5.41) is 1.27. The first-order valence-corrected chi connectivity index (χ1v) is 9.49. The lowest BCUT2D eigenvalue weighted by Crippen LogP contribution is -2.28. The van der Waals surface area contributed by atoms with Crippen LogP contribution in [0.25, 0.3) is 10.9 Å². The molecule has 0 saturated carbocycles. The van der Waals surface area contributed by atoms with E-state index >= 15 is 0 Å². The van der Waals surface area contributed by atoms with Crippen molar-refractivity contribution in [3.63, 3.8) is 0 Å². The normalized spacial score (nSPS) is 20.5. The molecule has 27 heavy (non-hydrogen) atoms. The first-order chi connectivity index (χ1) is 13.0. The molecule has 0 bridgehead atoms. The van der Waals surface area contributed by atoms with E-state index in [-0.39, 0.29) is 6.04 Å². The molecule has 2 N–H and O–H groups in total. The van der Waals surface area contributed by atoms with Crippen molar-refractivity contribution in [2.75, 3.05) is 20.2 Å². The molecule has 1 aliphatic rings. The third kappa shape index (κ3) is 3.11. The second kappa shape index (κ2) is 6.98. The molecule has 0 amide bonds. The number of ether oxygens (including phenoxy) is 1. The second-order valence-corrected chi connectivity index (χ2v) is 7.73. The quantitative estimate of drug-likeness (QED) is 0.773. The van der Waals surface area contributed by atoms with Crippen LogP contribution in [0.1, 0.15) is 28.2 Å². The van der Waals surface area contributed by atoms with Gasteiger partial charge in [-0.1, -0.05) is 6.07 Å². The molecule has 0 unspecified atom stereocenters. The van der Waals surface area contributed by atoms with E-state index in [1.807, 2.05) is 12.4 Å². The van der Waals surface area contributed by atoms with Crippen molar-refractivity contribution in [2.45, 2.75) is 32.4 Å². The van der Waals surface area contributed by atoms with Crippen LogP contribution in [-0.2, 0) is 13.6 Å². The van der Waals surface area contributed by atoms with Crippen molar-refractivity contribution < 1.29 is 4.74 Å². The molecule has 3 heterocycles. The third-order valence-electron chi connectivity index (χ3n) is 6.13. The van der Waals surface area contributed by atoms with Gasteiger partial charge in [-0.25, -0.2) is 0 Å². The molecule has 1 saturated heterocycles. The Bertz CT molecular complexity index is 978. The van der Waals surface area contributed by atoms with E-state index < -0.39 is 0 Å². The number of nitrogens with zero attached hydrogens (tertiary/aromatic N) is 3. The molecule has 0 spiro atoms. The van der Waals surface area contributed by atoms with Crippen molar-refractivity contribution >= 4 is 10.9 Å². The van der Waals surface area contributed by atoms with Crippen LogP contribution in [0.15, 0.2) is 36.8 Å². The molecule has 0 radical (unpaired) electrons. The Hall–Kier alpha value is -2.37. The molecule has 5 nitrogen and oxygen atoms in total. The molecule has 2 aromatic heterocycles. The third-order valence-corrected chi connectivity index (χ3v) is 6.13. The summed E-state index contributed by atoms with van der Waals surface area (Å²) in [6, 6.07) is 6.51. The zero-order valence-corrected chi connectivity index (χ0v) is 16.6. The Kier molecular flexibility index (Phi) is 4.66. The number of aryl methyl sites for hydroxylation is 1. The molecule has 0 aliphatic carbocycles. The molecular weight excluding hydrogens is 336 g/mol. The van der Waals surface area contributed by atoms with Crippen LogP contribution in [0.5, 0.6) is 5.75 Å². The number of rotatable bonds is 4. The average molecular weight is 364 g/mol.